The smallest absolute Gasteiger partial charge is 0.209 e. The van der Waals surface area contributed by atoms with Crippen molar-refractivity contribution in [2.45, 2.75) is 48.2 Å². The summed E-state index contributed by atoms with van der Waals surface area (Å²) in [5.74, 6) is -0.0895. The second-order valence-corrected chi connectivity index (χ2v) is 9.11. The molecule has 0 aromatic heterocycles. The van der Waals surface area contributed by atoms with E-state index in [1.165, 1.54) is 30.3 Å². The first-order valence-corrected chi connectivity index (χ1v) is 10.6. The second-order valence-electron chi connectivity index (χ2n) is 7.19. The Balaban J connectivity index is 0.00000225. The molecular weight excluding hydrogens is 405 g/mol. The van der Waals surface area contributed by atoms with Crippen LogP contribution in [0, 0.1) is 5.82 Å². The number of benzene rings is 2. The van der Waals surface area contributed by atoms with Crippen molar-refractivity contribution in [1.29, 1.82) is 0 Å². The number of hydrogen-bond donors (Lipinski definition) is 1. The van der Waals surface area contributed by atoms with Crippen LogP contribution in [0.25, 0.3) is 0 Å². The zero-order valence-electron chi connectivity index (χ0n) is 15.6. The minimum atomic E-state index is -4.03. The summed E-state index contributed by atoms with van der Waals surface area (Å²) in [5, 5.41) is 3.28. The van der Waals surface area contributed by atoms with E-state index in [2.05, 4.69) is 5.32 Å². The molecule has 152 valence electrons. The van der Waals surface area contributed by atoms with Gasteiger partial charge in [0.15, 0.2) is 11.6 Å². The lowest BCUT2D eigenvalue weighted by Gasteiger charge is -2.24. The molecule has 1 saturated heterocycles. The molecule has 2 heterocycles. The molecule has 4 rings (SSSR count). The third-order valence-corrected chi connectivity index (χ3v) is 6.75. The lowest BCUT2D eigenvalue weighted by molar-refractivity contribution is 0.176. The number of piperidine rings is 1. The summed E-state index contributed by atoms with van der Waals surface area (Å²) in [7, 11) is -4.03. The zero-order valence-corrected chi connectivity index (χ0v) is 17.3. The predicted molar refractivity (Wildman–Crippen MR) is 106 cm³/mol. The Morgan fingerprint density at radius 3 is 2.79 bits per heavy atom. The quantitative estimate of drug-likeness (QED) is 0.805. The zero-order chi connectivity index (χ0) is 19.2. The molecule has 0 radical (unpaired) electrons. The highest BCUT2D eigenvalue weighted by molar-refractivity contribution is 7.91. The van der Waals surface area contributed by atoms with Gasteiger partial charge >= 0.3 is 0 Å². The minimum absolute atomic E-state index is 0. The molecule has 0 aliphatic carbocycles. The average Bonchev–Trinajstić information content (AvgIpc) is 3.00. The van der Waals surface area contributed by atoms with Crippen LogP contribution >= 0.6 is 12.4 Å². The van der Waals surface area contributed by atoms with Crippen molar-refractivity contribution in [2.24, 2.45) is 0 Å². The Kier molecular flexibility index (Phi) is 5.89. The number of fused-ring (bicyclic) bond motifs is 3. The van der Waals surface area contributed by atoms with E-state index < -0.39 is 20.5 Å². The number of hydrogen-bond acceptors (Lipinski definition) is 5. The molecular formula is C20H23ClFNO4S. The van der Waals surface area contributed by atoms with Gasteiger partial charge in [-0.15, -0.1) is 12.4 Å². The molecule has 0 saturated carbocycles. The molecule has 2 aliphatic heterocycles. The molecule has 2 atom stereocenters. The standard InChI is InChI=1S/C20H22FNO4S.ClH/c1-12(2)25-16-4-3-5-19(20(16)21)27(23,24)13-6-7-14-15-8-9-22-11-18(15)26-17(14)10-13;/h3-7,10,12,15,18,22H,8-9,11H2,1-2H3;1H/t15-,18-;/m0./s1. The second kappa shape index (κ2) is 7.89. The van der Waals surface area contributed by atoms with Crippen LogP contribution in [0.2, 0.25) is 0 Å². The van der Waals surface area contributed by atoms with Crippen molar-refractivity contribution in [3.63, 3.8) is 0 Å². The van der Waals surface area contributed by atoms with E-state index >= 15 is 0 Å². The van der Waals surface area contributed by atoms with Gasteiger partial charge in [0.05, 0.1) is 11.0 Å². The molecule has 0 unspecified atom stereocenters. The van der Waals surface area contributed by atoms with E-state index in [1.807, 2.05) is 0 Å². The first kappa shape index (κ1) is 20.9. The fraction of sp³-hybridized carbons (Fsp3) is 0.400. The summed E-state index contributed by atoms with van der Waals surface area (Å²) < 4.78 is 52.2. The molecule has 5 nitrogen and oxygen atoms in total. The van der Waals surface area contributed by atoms with E-state index in [9.17, 15) is 12.8 Å². The first-order valence-electron chi connectivity index (χ1n) is 9.09. The lowest BCUT2D eigenvalue weighted by Crippen LogP contribution is -2.39. The fourth-order valence-electron chi connectivity index (χ4n) is 3.73. The van der Waals surface area contributed by atoms with Gasteiger partial charge in [-0.05, 0) is 51.1 Å². The van der Waals surface area contributed by atoms with Gasteiger partial charge in [-0.1, -0.05) is 12.1 Å². The van der Waals surface area contributed by atoms with E-state index in [-0.39, 0.29) is 41.2 Å². The molecule has 8 heteroatoms. The van der Waals surface area contributed by atoms with E-state index in [4.69, 9.17) is 9.47 Å². The van der Waals surface area contributed by atoms with Gasteiger partial charge in [0.25, 0.3) is 0 Å². The monoisotopic (exact) mass is 427 g/mol. The Morgan fingerprint density at radius 2 is 2.04 bits per heavy atom. The minimum Gasteiger partial charge on any atom is -0.488 e. The van der Waals surface area contributed by atoms with Crippen LogP contribution < -0.4 is 14.8 Å². The molecule has 0 spiro atoms. The van der Waals surface area contributed by atoms with Gasteiger partial charge in [-0.25, -0.2) is 12.8 Å². The summed E-state index contributed by atoms with van der Waals surface area (Å²) in [6, 6.07) is 9.02. The largest absolute Gasteiger partial charge is 0.488 e. The maximum absolute atomic E-state index is 14.8. The van der Waals surface area contributed by atoms with Crippen LogP contribution in [-0.2, 0) is 9.84 Å². The molecule has 2 aromatic rings. The molecule has 2 aliphatic rings. The lowest BCUT2D eigenvalue weighted by atomic mass is 9.90. The summed E-state index contributed by atoms with van der Waals surface area (Å²) in [4.78, 5) is -0.369. The highest BCUT2D eigenvalue weighted by atomic mass is 35.5. The molecule has 0 bridgehead atoms. The third kappa shape index (κ3) is 3.58. The number of rotatable bonds is 4. The topological polar surface area (TPSA) is 64.6 Å². The average molecular weight is 428 g/mol. The van der Waals surface area contributed by atoms with E-state index in [0.29, 0.717) is 5.75 Å². The highest BCUT2D eigenvalue weighted by Gasteiger charge is 2.37. The van der Waals surface area contributed by atoms with Crippen molar-refractivity contribution in [3.05, 3.63) is 47.8 Å². The van der Waals surface area contributed by atoms with Crippen molar-refractivity contribution < 1.29 is 22.3 Å². The summed E-state index contributed by atoms with van der Waals surface area (Å²) in [6.45, 7) is 5.17. The van der Waals surface area contributed by atoms with E-state index in [1.54, 1.807) is 19.9 Å². The van der Waals surface area contributed by atoms with Gasteiger partial charge < -0.3 is 14.8 Å². The van der Waals surface area contributed by atoms with Gasteiger partial charge in [0, 0.05) is 18.0 Å². The van der Waals surface area contributed by atoms with Crippen LogP contribution in [0.1, 0.15) is 31.7 Å². The van der Waals surface area contributed by atoms with Crippen molar-refractivity contribution >= 4 is 22.2 Å². The van der Waals surface area contributed by atoms with Crippen molar-refractivity contribution in [1.82, 2.24) is 5.32 Å². The molecule has 28 heavy (non-hydrogen) atoms. The maximum atomic E-state index is 14.8. The number of nitrogens with one attached hydrogen (secondary N) is 1. The number of sulfone groups is 1. The van der Waals surface area contributed by atoms with Crippen molar-refractivity contribution in [3.8, 4) is 11.5 Å². The summed E-state index contributed by atoms with van der Waals surface area (Å²) >= 11 is 0. The molecule has 0 amide bonds. The predicted octanol–water partition coefficient (Wildman–Crippen LogP) is 3.71. The Morgan fingerprint density at radius 1 is 1.25 bits per heavy atom. The first-order chi connectivity index (χ1) is 12.9. The highest BCUT2D eigenvalue weighted by Crippen LogP contribution is 2.43. The Bertz CT molecular complexity index is 980. The van der Waals surface area contributed by atoms with Crippen LogP contribution in [0.15, 0.2) is 46.2 Å². The summed E-state index contributed by atoms with van der Waals surface area (Å²) in [5.41, 5.74) is 1.03. The normalized spacial score (nSPS) is 20.7. The maximum Gasteiger partial charge on any atom is 0.209 e. The fourth-order valence-corrected chi connectivity index (χ4v) is 5.09. The molecule has 1 N–H and O–H groups in total. The summed E-state index contributed by atoms with van der Waals surface area (Å²) in [6.07, 6.45) is 0.710. The van der Waals surface area contributed by atoms with Gasteiger partial charge in [0.2, 0.25) is 9.84 Å². The molecule has 2 aromatic carbocycles. The van der Waals surface area contributed by atoms with Gasteiger partial charge in [-0.3, -0.25) is 0 Å². The SMILES string of the molecule is CC(C)Oc1cccc(S(=O)(=O)c2ccc3c(c2)O[C@H]2CNCC[C@@H]32)c1F.Cl. The van der Waals surface area contributed by atoms with Crippen LogP contribution in [0.3, 0.4) is 0 Å². The van der Waals surface area contributed by atoms with Crippen LogP contribution in [0.5, 0.6) is 11.5 Å². The Labute approximate surface area is 170 Å². The van der Waals surface area contributed by atoms with Crippen molar-refractivity contribution in [2.75, 3.05) is 13.1 Å². The van der Waals surface area contributed by atoms with Gasteiger partial charge in [-0.2, -0.15) is 0 Å². The van der Waals surface area contributed by atoms with E-state index in [0.717, 1.165) is 25.1 Å². The third-order valence-electron chi connectivity index (χ3n) is 4.98. The Hall–Kier alpha value is -1.83. The van der Waals surface area contributed by atoms with Crippen LogP contribution in [-0.4, -0.2) is 33.7 Å². The number of ether oxygens (including phenoxy) is 2. The molecule has 1 fully saturated rings. The van der Waals surface area contributed by atoms with Gasteiger partial charge in [0.1, 0.15) is 16.7 Å². The van der Waals surface area contributed by atoms with Crippen LogP contribution in [0.4, 0.5) is 4.39 Å². The number of halogens is 2.